The van der Waals surface area contributed by atoms with Gasteiger partial charge in [0, 0.05) is 18.4 Å². The standard InChI is InChI=1S/C17H20Cl2N2O2/c1-2-10-20-16(22)11-6-8-12(9-7-11)17(23)21-15-13(18)4-3-5-14(15)19/h2-5,11-12H,1,6-10H2,(H,20,22)(H,21,23). The van der Waals surface area contributed by atoms with Gasteiger partial charge in [-0.15, -0.1) is 6.58 Å². The molecule has 124 valence electrons. The second kappa shape index (κ2) is 8.37. The van der Waals surface area contributed by atoms with Crippen LogP contribution in [0.15, 0.2) is 30.9 Å². The van der Waals surface area contributed by atoms with Gasteiger partial charge in [0.1, 0.15) is 0 Å². The number of carbonyl (C=O) groups is 2. The fraction of sp³-hybridized carbons (Fsp3) is 0.412. The van der Waals surface area contributed by atoms with Gasteiger partial charge in [-0.1, -0.05) is 35.3 Å². The van der Waals surface area contributed by atoms with Crippen LogP contribution in [0.3, 0.4) is 0 Å². The Kier molecular flexibility index (Phi) is 6.48. The maximum atomic E-state index is 12.4. The quantitative estimate of drug-likeness (QED) is 0.783. The molecular formula is C17H20Cl2N2O2. The van der Waals surface area contributed by atoms with Gasteiger partial charge in [-0.25, -0.2) is 0 Å². The van der Waals surface area contributed by atoms with Crippen molar-refractivity contribution in [2.75, 3.05) is 11.9 Å². The number of anilines is 1. The second-order valence-corrected chi connectivity index (χ2v) is 6.48. The topological polar surface area (TPSA) is 58.2 Å². The number of hydrogen-bond donors (Lipinski definition) is 2. The zero-order chi connectivity index (χ0) is 16.8. The van der Waals surface area contributed by atoms with Crippen LogP contribution in [0.25, 0.3) is 0 Å². The van der Waals surface area contributed by atoms with Gasteiger partial charge in [-0.05, 0) is 37.8 Å². The highest BCUT2D eigenvalue weighted by atomic mass is 35.5. The lowest BCUT2D eigenvalue weighted by Gasteiger charge is -2.27. The first kappa shape index (κ1) is 17.8. The minimum absolute atomic E-state index is 0.0251. The van der Waals surface area contributed by atoms with E-state index in [4.69, 9.17) is 23.2 Å². The number of amides is 2. The highest BCUT2D eigenvalue weighted by molar-refractivity contribution is 6.39. The SMILES string of the molecule is C=CCNC(=O)C1CCC(C(=O)Nc2c(Cl)cccc2Cl)CC1. The lowest BCUT2D eigenvalue weighted by atomic mass is 9.81. The number of rotatable bonds is 5. The van der Waals surface area contributed by atoms with Crippen molar-refractivity contribution >= 4 is 40.7 Å². The average Bonchev–Trinajstić information content (AvgIpc) is 2.56. The zero-order valence-corrected chi connectivity index (χ0v) is 14.3. The minimum atomic E-state index is -0.120. The number of para-hydroxylation sites is 1. The van der Waals surface area contributed by atoms with Gasteiger partial charge >= 0.3 is 0 Å². The van der Waals surface area contributed by atoms with Gasteiger partial charge in [-0.3, -0.25) is 9.59 Å². The molecule has 1 aromatic carbocycles. The van der Waals surface area contributed by atoms with Gasteiger partial charge in [0.25, 0.3) is 0 Å². The van der Waals surface area contributed by atoms with Crippen molar-refractivity contribution in [3.63, 3.8) is 0 Å². The number of halogens is 2. The maximum absolute atomic E-state index is 12.4. The summed E-state index contributed by atoms with van der Waals surface area (Å²) in [4.78, 5) is 24.3. The average molecular weight is 355 g/mol. The molecular weight excluding hydrogens is 335 g/mol. The van der Waals surface area contributed by atoms with Crippen LogP contribution in [0.1, 0.15) is 25.7 Å². The molecule has 0 bridgehead atoms. The molecule has 1 saturated carbocycles. The summed E-state index contributed by atoms with van der Waals surface area (Å²) in [6.07, 6.45) is 4.43. The Hall–Kier alpha value is -1.52. The van der Waals surface area contributed by atoms with Crippen molar-refractivity contribution in [2.24, 2.45) is 11.8 Å². The van der Waals surface area contributed by atoms with E-state index in [1.165, 1.54) is 0 Å². The largest absolute Gasteiger partial charge is 0.352 e. The van der Waals surface area contributed by atoms with Crippen LogP contribution in [-0.4, -0.2) is 18.4 Å². The summed E-state index contributed by atoms with van der Waals surface area (Å²) in [5, 5.41) is 6.46. The summed E-state index contributed by atoms with van der Waals surface area (Å²) < 4.78 is 0. The van der Waals surface area contributed by atoms with Crippen molar-refractivity contribution in [1.82, 2.24) is 5.32 Å². The maximum Gasteiger partial charge on any atom is 0.227 e. The van der Waals surface area contributed by atoms with Crippen LogP contribution in [0.5, 0.6) is 0 Å². The molecule has 0 aliphatic heterocycles. The van der Waals surface area contributed by atoms with E-state index in [0.717, 1.165) is 0 Å². The minimum Gasteiger partial charge on any atom is -0.352 e. The predicted molar refractivity (Wildman–Crippen MR) is 93.7 cm³/mol. The third-order valence-electron chi connectivity index (χ3n) is 4.10. The lowest BCUT2D eigenvalue weighted by molar-refractivity contribution is -0.128. The van der Waals surface area contributed by atoms with Crippen LogP contribution in [0, 0.1) is 11.8 Å². The van der Waals surface area contributed by atoms with Gasteiger partial charge in [0.2, 0.25) is 11.8 Å². The van der Waals surface area contributed by atoms with Crippen LogP contribution in [-0.2, 0) is 9.59 Å². The van der Waals surface area contributed by atoms with E-state index in [-0.39, 0.29) is 23.7 Å². The Morgan fingerprint density at radius 2 is 1.61 bits per heavy atom. The first-order valence-electron chi connectivity index (χ1n) is 7.66. The van der Waals surface area contributed by atoms with Crippen molar-refractivity contribution < 1.29 is 9.59 Å². The van der Waals surface area contributed by atoms with Gasteiger partial charge in [0.05, 0.1) is 15.7 Å². The monoisotopic (exact) mass is 354 g/mol. The number of nitrogens with one attached hydrogen (secondary N) is 2. The molecule has 0 aromatic heterocycles. The van der Waals surface area contributed by atoms with Crippen molar-refractivity contribution in [1.29, 1.82) is 0 Å². The van der Waals surface area contributed by atoms with E-state index < -0.39 is 0 Å². The van der Waals surface area contributed by atoms with E-state index in [1.807, 2.05) is 0 Å². The highest BCUT2D eigenvalue weighted by Crippen LogP contribution is 2.33. The second-order valence-electron chi connectivity index (χ2n) is 5.67. The molecule has 0 heterocycles. The van der Waals surface area contributed by atoms with Crippen LogP contribution < -0.4 is 10.6 Å². The molecule has 2 N–H and O–H groups in total. The Morgan fingerprint density at radius 3 is 2.13 bits per heavy atom. The van der Waals surface area contributed by atoms with E-state index >= 15 is 0 Å². The summed E-state index contributed by atoms with van der Waals surface area (Å²) in [6, 6.07) is 5.10. The van der Waals surface area contributed by atoms with E-state index in [9.17, 15) is 9.59 Å². The molecule has 1 aliphatic rings. The summed E-state index contributed by atoms with van der Waals surface area (Å²) in [6.45, 7) is 4.05. The van der Waals surface area contributed by atoms with Gasteiger partial charge in [0.15, 0.2) is 0 Å². The van der Waals surface area contributed by atoms with Crippen molar-refractivity contribution in [3.8, 4) is 0 Å². The fourth-order valence-corrected chi connectivity index (χ4v) is 3.27. The van der Waals surface area contributed by atoms with Crippen molar-refractivity contribution in [2.45, 2.75) is 25.7 Å². The number of benzene rings is 1. The normalized spacial score (nSPS) is 20.6. The number of hydrogen-bond acceptors (Lipinski definition) is 2. The molecule has 2 amide bonds. The van der Waals surface area contributed by atoms with Crippen LogP contribution in [0.4, 0.5) is 5.69 Å². The molecule has 0 atom stereocenters. The molecule has 4 nitrogen and oxygen atoms in total. The zero-order valence-electron chi connectivity index (χ0n) is 12.8. The molecule has 0 spiro atoms. The third kappa shape index (κ3) is 4.72. The Bertz CT molecular complexity index is 576. The summed E-state index contributed by atoms with van der Waals surface area (Å²) in [7, 11) is 0. The smallest absolute Gasteiger partial charge is 0.227 e. The summed E-state index contributed by atoms with van der Waals surface area (Å²) >= 11 is 12.1. The van der Waals surface area contributed by atoms with Gasteiger partial charge < -0.3 is 10.6 Å². The Morgan fingerprint density at radius 1 is 1.09 bits per heavy atom. The molecule has 0 unspecified atom stereocenters. The highest BCUT2D eigenvalue weighted by Gasteiger charge is 2.30. The fourth-order valence-electron chi connectivity index (χ4n) is 2.78. The summed E-state index contributed by atoms with van der Waals surface area (Å²) in [5.74, 6) is -0.198. The first-order chi connectivity index (χ1) is 11.0. The lowest BCUT2D eigenvalue weighted by Crippen LogP contribution is -2.35. The predicted octanol–water partition coefficient (Wildman–Crippen LogP) is 4.04. The number of carbonyl (C=O) groups excluding carboxylic acids is 2. The van der Waals surface area contributed by atoms with Crippen molar-refractivity contribution in [3.05, 3.63) is 40.9 Å². The molecule has 1 aliphatic carbocycles. The van der Waals surface area contributed by atoms with Crippen LogP contribution >= 0.6 is 23.2 Å². The van der Waals surface area contributed by atoms with Crippen LogP contribution in [0.2, 0.25) is 10.0 Å². The summed E-state index contributed by atoms with van der Waals surface area (Å²) in [5.41, 5.74) is 0.451. The molecule has 0 radical (unpaired) electrons. The Balaban J connectivity index is 1.89. The van der Waals surface area contributed by atoms with E-state index in [0.29, 0.717) is 48.0 Å². The van der Waals surface area contributed by atoms with Gasteiger partial charge in [-0.2, -0.15) is 0 Å². The van der Waals surface area contributed by atoms with E-state index in [1.54, 1.807) is 24.3 Å². The molecule has 1 aromatic rings. The first-order valence-corrected chi connectivity index (χ1v) is 8.42. The third-order valence-corrected chi connectivity index (χ3v) is 4.73. The molecule has 6 heteroatoms. The molecule has 0 saturated heterocycles. The van der Waals surface area contributed by atoms with E-state index in [2.05, 4.69) is 17.2 Å². The molecule has 23 heavy (non-hydrogen) atoms. The Labute approximate surface area is 146 Å². The molecule has 2 rings (SSSR count). The molecule has 1 fully saturated rings.